The van der Waals surface area contributed by atoms with Crippen molar-refractivity contribution in [3.63, 3.8) is 0 Å². The summed E-state index contributed by atoms with van der Waals surface area (Å²) >= 11 is 1.61. The third kappa shape index (κ3) is 4.63. The molecule has 3 aromatic rings. The van der Waals surface area contributed by atoms with Crippen LogP contribution in [0, 0.1) is 5.92 Å². The lowest BCUT2D eigenvalue weighted by Crippen LogP contribution is -2.53. The van der Waals surface area contributed by atoms with E-state index in [9.17, 15) is 10.0 Å². The van der Waals surface area contributed by atoms with Crippen LogP contribution in [0.2, 0.25) is 0 Å². The van der Waals surface area contributed by atoms with Gasteiger partial charge in [0.25, 0.3) is 0 Å². The number of fused-ring (bicyclic) bond motifs is 1. The number of hydrogen-bond donors (Lipinski definition) is 1. The van der Waals surface area contributed by atoms with E-state index >= 15 is 0 Å². The molecule has 1 aromatic heterocycles. The van der Waals surface area contributed by atoms with Gasteiger partial charge in [-0.15, -0.1) is 11.3 Å². The number of rotatable bonds is 7. The maximum absolute atomic E-state index is 12.2. The molecule has 0 aliphatic heterocycles. The van der Waals surface area contributed by atoms with Gasteiger partial charge < -0.3 is 4.74 Å². The van der Waals surface area contributed by atoms with Gasteiger partial charge in [0, 0.05) is 16.3 Å². The highest BCUT2D eigenvalue weighted by Gasteiger charge is 2.50. The molecule has 31 heavy (non-hydrogen) atoms. The van der Waals surface area contributed by atoms with E-state index in [0.717, 1.165) is 52.9 Å². The highest BCUT2D eigenvalue weighted by Crippen LogP contribution is 2.42. The van der Waals surface area contributed by atoms with Crippen LogP contribution in [0.3, 0.4) is 0 Å². The molecule has 163 valence electrons. The summed E-state index contributed by atoms with van der Waals surface area (Å²) in [5.74, 6) is 7.53. The van der Waals surface area contributed by atoms with Crippen LogP contribution >= 0.6 is 11.3 Å². The number of hydroxylamine groups is 4. The van der Waals surface area contributed by atoms with E-state index < -0.39 is 16.8 Å². The van der Waals surface area contributed by atoms with Crippen molar-refractivity contribution in [2.75, 3.05) is 0 Å². The Hall–Kier alpha value is -2.36. The second kappa shape index (κ2) is 9.42. The second-order valence-electron chi connectivity index (χ2n) is 8.01. The number of thiazole rings is 1. The zero-order valence-electron chi connectivity index (χ0n) is 17.5. The van der Waals surface area contributed by atoms with Crippen molar-refractivity contribution >= 4 is 27.5 Å². The standard InChI is InChI=1S/C23H27N3O4S/c1-16(27)26(28,30-24)23(17-7-3-2-4-8-17)18-11-13-19(14-12-18)29-15-22-25-20-9-5-6-10-21(20)31-22/h5-6,9-14,17,23-24,28H,2-4,7-8,15H2,1H3/q+1. The Bertz CT molecular complexity index is 1000. The van der Waals surface area contributed by atoms with Gasteiger partial charge in [-0.25, -0.2) is 9.78 Å². The number of nitrogens with one attached hydrogen (secondary N) is 1. The van der Waals surface area contributed by atoms with Gasteiger partial charge in [0.2, 0.25) is 0 Å². The molecule has 1 radical (unpaired) electrons. The van der Waals surface area contributed by atoms with Crippen LogP contribution in [-0.4, -0.2) is 20.9 Å². The van der Waals surface area contributed by atoms with Gasteiger partial charge in [-0.05, 0) is 60.1 Å². The average Bonchev–Trinajstić information content (AvgIpc) is 3.22. The number of carbonyl (C=O) groups excluding carboxylic acids is 1. The zero-order valence-corrected chi connectivity index (χ0v) is 18.3. The van der Waals surface area contributed by atoms with E-state index in [2.05, 4.69) is 9.92 Å². The van der Waals surface area contributed by atoms with E-state index in [-0.39, 0.29) is 5.92 Å². The first-order valence-electron chi connectivity index (χ1n) is 10.6. The molecule has 7 nitrogen and oxygen atoms in total. The SMILES string of the molecule is CC(=O)[N+](O)(O[NH])C(c1ccc(OCc2nc3ccccc3s2)cc1)C1CCCCC1. The zero-order chi connectivity index (χ0) is 21.8. The van der Waals surface area contributed by atoms with Crippen LogP contribution in [0.25, 0.3) is 10.2 Å². The molecule has 1 fully saturated rings. The number of para-hydroxylation sites is 1. The van der Waals surface area contributed by atoms with Gasteiger partial charge in [-0.2, -0.15) is 5.21 Å². The van der Waals surface area contributed by atoms with Gasteiger partial charge in [-0.1, -0.05) is 31.4 Å². The Kier molecular flexibility index (Phi) is 6.64. The minimum atomic E-state index is -1.36. The van der Waals surface area contributed by atoms with E-state index in [1.54, 1.807) is 11.3 Å². The van der Waals surface area contributed by atoms with Crippen LogP contribution in [0.4, 0.5) is 0 Å². The van der Waals surface area contributed by atoms with Crippen LogP contribution in [0.5, 0.6) is 5.75 Å². The molecule has 2 unspecified atom stereocenters. The second-order valence-corrected chi connectivity index (χ2v) is 9.12. The fourth-order valence-corrected chi connectivity index (χ4v) is 5.30. The van der Waals surface area contributed by atoms with Crippen LogP contribution < -0.4 is 10.6 Å². The van der Waals surface area contributed by atoms with Gasteiger partial charge in [-0.3, -0.25) is 0 Å². The van der Waals surface area contributed by atoms with Crippen LogP contribution in [-0.2, 0) is 16.3 Å². The minimum Gasteiger partial charge on any atom is -0.486 e. The lowest BCUT2D eigenvalue weighted by Gasteiger charge is -2.36. The molecule has 0 spiro atoms. The van der Waals surface area contributed by atoms with E-state index in [4.69, 9.17) is 10.6 Å². The molecule has 1 heterocycles. The van der Waals surface area contributed by atoms with Gasteiger partial charge >= 0.3 is 5.91 Å². The van der Waals surface area contributed by atoms with E-state index in [0.29, 0.717) is 12.4 Å². The van der Waals surface area contributed by atoms with Crippen LogP contribution in [0.1, 0.15) is 55.6 Å². The first-order chi connectivity index (χ1) is 15.0. The highest BCUT2D eigenvalue weighted by molar-refractivity contribution is 7.18. The molecule has 1 saturated carbocycles. The quantitative estimate of drug-likeness (QED) is 0.302. The fourth-order valence-electron chi connectivity index (χ4n) is 4.41. The number of quaternary nitrogens is 1. The monoisotopic (exact) mass is 441 g/mol. The first-order valence-corrected chi connectivity index (χ1v) is 11.4. The molecule has 1 aliphatic carbocycles. The van der Waals surface area contributed by atoms with Crippen molar-refractivity contribution in [2.24, 2.45) is 5.92 Å². The minimum absolute atomic E-state index is 0.0579. The van der Waals surface area contributed by atoms with Gasteiger partial charge in [0.15, 0.2) is 6.04 Å². The molecule has 8 heteroatoms. The predicted molar refractivity (Wildman–Crippen MR) is 117 cm³/mol. The summed E-state index contributed by atoms with van der Waals surface area (Å²) in [5.41, 5.74) is 1.72. The maximum atomic E-state index is 12.2. The average molecular weight is 442 g/mol. The Balaban J connectivity index is 1.52. The molecule has 4 rings (SSSR count). The molecule has 0 saturated heterocycles. The van der Waals surface area contributed by atoms with Crippen molar-refractivity contribution in [1.29, 1.82) is 0 Å². The molecule has 2 aromatic carbocycles. The summed E-state index contributed by atoms with van der Waals surface area (Å²) in [6.45, 7) is 1.62. The predicted octanol–water partition coefficient (Wildman–Crippen LogP) is 5.38. The van der Waals surface area contributed by atoms with Crippen molar-refractivity contribution < 1.29 is 24.5 Å². The van der Waals surface area contributed by atoms with Crippen molar-refractivity contribution in [1.82, 2.24) is 10.9 Å². The smallest absolute Gasteiger partial charge is 0.378 e. The summed E-state index contributed by atoms with van der Waals surface area (Å²) in [7, 11) is 0. The van der Waals surface area contributed by atoms with E-state index in [1.807, 2.05) is 48.5 Å². The third-order valence-corrected chi connectivity index (χ3v) is 7.00. The number of hydrogen-bond acceptors (Lipinski definition) is 6. The van der Waals surface area contributed by atoms with Gasteiger partial charge in [0.1, 0.15) is 17.4 Å². The van der Waals surface area contributed by atoms with Crippen molar-refractivity contribution in [3.05, 3.63) is 59.1 Å². The Morgan fingerprint density at radius 3 is 2.55 bits per heavy atom. The van der Waals surface area contributed by atoms with Crippen molar-refractivity contribution in [2.45, 2.75) is 51.7 Å². The topological polar surface area (TPSA) is 92.5 Å². The molecule has 2 N–H and O–H groups in total. The molecular weight excluding hydrogens is 414 g/mol. The first kappa shape index (κ1) is 21.9. The number of amides is 1. The number of aromatic nitrogens is 1. The third-order valence-electron chi connectivity index (χ3n) is 5.99. The summed E-state index contributed by atoms with van der Waals surface area (Å²) in [6, 6.07) is 14.7. The largest absolute Gasteiger partial charge is 0.486 e. The lowest BCUT2D eigenvalue weighted by molar-refractivity contribution is -1.22. The Labute approximate surface area is 185 Å². The van der Waals surface area contributed by atoms with Crippen LogP contribution in [0.15, 0.2) is 48.5 Å². The van der Waals surface area contributed by atoms with E-state index in [1.165, 1.54) is 6.92 Å². The number of ether oxygens (including phenoxy) is 1. The van der Waals surface area contributed by atoms with Gasteiger partial charge in [0.05, 0.1) is 17.1 Å². The molecule has 1 amide bonds. The number of benzene rings is 2. The molecule has 0 bridgehead atoms. The number of carbonyl (C=O) groups is 1. The fraction of sp³-hybridized carbons (Fsp3) is 0.391. The maximum Gasteiger partial charge on any atom is 0.378 e. The highest BCUT2D eigenvalue weighted by atomic mass is 32.1. The van der Waals surface area contributed by atoms with Crippen molar-refractivity contribution in [3.8, 4) is 5.75 Å². The summed E-state index contributed by atoms with van der Waals surface area (Å²) in [6.07, 6.45) is 5.01. The molecular formula is C23H27N3O4S+. The summed E-state index contributed by atoms with van der Waals surface area (Å²) in [4.78, 5) is 20.0. The molecule has 1 aliphatic rings. The summed E-state index contributed by atoms with van der Waals surface area (Å²) < 4.78 is 7.03. The molecule has 2 atom stereocenters. The Morgan fingerprint density at radius 2 is 1.90 bits per heavy atom. The number of nitrogens with zero attached hydrogens (tertiary/aromatic N) is 2. The summed E-state index contributed by atoms with van der Waals surface area (Å²) in [5, 5.41) is 11.8. The Morgan fingerprint density at radius 1 is 1.19 bits per heavy atom. The normalized spacial score (nSPS) is 17.9. The lowest BCUT2D eigenvalue weighted by atomic mass is 9.80.